The molecule has 0 spiro atoms. The van der Waals surface area contributed by atoms with Crippen molar-refractivity contribution in [3.05, 3.63) is 181 Å². The minimum absolute atomic E-state index is 0.0911. The summed E-state index contributed by atoms with van der Waals surface area (Å²) in [5.41, 5.74) is 11.2. The number of rotatable bonds is 8. The van der Waals surface area contributed by atoms with Crippen LogP contribution in [0, 0.1) is 0 Å². The molecule has 2 nitrogen and oxygen atoms in total. The lowest BCUT2D eigenvalue weighted by molar-refractivity contribution is 0.240. The van der Waals surface area contributed by atoms with Gasteiger partial charge in [0.05, 0.1) is 0 Å². The lowest BCUT2D eigenvalue weighted by Gasteiger charge is -2.18. The van der Waals surface area contributed by atoms with Crippen LogP contribution in [0.15, 0.2) is 163 Å². The normalized spacial score (nSPS) is 14.5. The van der Waals surface area contributed by atoms with Crippen molar-refractivity contribution in [1.29, 1.82) is 0 Å². The van der Waals surface area contributed by atoms with Gasteiger partial charge in [0, 0.05) is 17.4 Å². The van der Waals surface area contributed by atoms with E-state index >= 15 is 0 Å². The molecule has 218 valence electrons. The van der Waals surface area contributed by atoms with Gasteiger partial charge in [-0.1, -0.05) is 134 Å². The fraction of sp³-hybridized carbons (Fsp3) is 0.0698. The number of furan rings is 1. The first-order valence-corrected chi connectivity index (χ1v) is 15.4. The molecule has 0 amide bonds. The third kappa shape index (κ3) is 6.09. The van der Waals surface area contributed by atoms with Gasteiger partial charge in [0.1, 0.15) is 23.2 Å². The number of hydrogen-bond acceptors (Lipinski definition) is 2. The summed E-state index contributed by atoms with van der Waals surface area (Å²) in [5.74, 6) is 1.80. The quantitative estimate of drug-likeness (QED) is 0.167. The first kappa shape index (κ1) is 28.2. The highest BCUT2D eigenvalue weighted by Crippen LogP contribution is 2.35. The second-order valence-corrected chi connectivity index (χ2v) is 11.3. The molecule has 0 fully saturated rings. The van der Waals surface area contributed by atoms with Gasteiger partial charge in [-0.15, -0.1) is 0 Å². The summed E-state index contributed by atoms with van der Waals surface area (Å²) in [6.07, 6.45) is 11.2. The highest BCUT2D eigenvalue weighted by molar-refractivity contribution is 5.93. The first-order valence-electron chi connectivity index (χ1n) is 15.4. The molecule has 0 bridgehead atoms. The van der Waals surface area contributed by atoms with Crippen molar-refractivity contribution in [2.24, 2.45) is 0 Å². The lowest BCUT2D eigenvalue weighted by atomic mass is 9.97. The predicted molar refractivity (Wildman–Crippen MR) is 189 cm³/mol. The van der Waals surface area contributed by atoms with Gasteiger partial charge in [0.25, 0.3) is 0 Å². The topological polar surface area (TPSA) is 22.4 Å². The molecule has 7 rings (SSSR count). The van der Waals surface area contributed by atoms with Crippen molar-refractivity contribution in [1.82, 2.24) is 0 Å². The maximum absolute atomic E-state index is 6.37. The van der Waals surface area contributed by atoms with E-state index in [0.717, 1.165) is 55.9 Å². The fourth-order valence-corrected chi connectivity index (χ4v) is 5.90. The molecule has 1 aromatic heterocycles. The Morgan fingerprint density at radius 1 is 0.711 bits per heavy atom. The van der Waals surface area contributed by atoms with Crippen LogP contribution in [-0.4, -0.2) is 6.10 Å². The Kier molecular flexibility index (Phi) is 7.87. The number of ether oxygens (including phenoxy) is 1. The summed E-state index contributed by atoms with van der Waals surface area (Å²) >= 11 is 0. The van der Waals surface area contributed by atoms with E-state index in [9.17, 15) is 0 Å². The largest absolute Gasteiger partial charge is 0.486 e. The van der Waals surface area contributed by atoms with Crippen LogP contribution >= 0.6 is 0 Å². The van der Waals surface area contributed by atoms with Gasteiger partial charge in [-0.05, 0) is 81.8 Å². The monoisotopic (exact) mass is 582 g/mol. The molecular weight excluding hydrogens is 548 g/mol. The summed E-state index contributed by atoms with van der Waals surface area (Å²) < 4.78 is 12.7. The van der Waals surface area contributed by atoms with Gasteiger partial charge in [0.15, 0.2) is 0 Å². The van der Waals surface area contributed by atoms with E-state index in [2.05, 4.69) is 135 Å². The van der Waals surface area contributed by atoms with E-state index in [4.69, 9.17) is 9.15 Å². The van der Waals surface area contributed by atoms with E-state index in [1.165, 1.54) is 16.7 Å². The second kappa shape index (κ2) is 12.6. The molecule has 1 atom stereocenters. The Balaban J connectivity index is 1.03. The summed E-state index contributed by atoms with van der Waals surface area (Å²) in [4.78, 5) is 0. The van der Waals surface area contributed by atoms with Crippen LogP contribution in [0.3, 0.4) is 0 Å². The molecule has 1 aliphatic rings. The molecule has 0 aliphatic heterocycles. The average molecular weight is 583 g/mol. The SMILES string of the molecule is C=C(/C=C\C(=C/C)c1ccc2oc3c(c2c1)C=CC(Oc1ccc(-c2ccc(-c4ccccc4)cc2)cc1)C3)c1ccccc1. The molecule has 1 aliphatic carbocycles. The second-order valence-electron chi connectivity index (χ2n) is 11.3. The van der Waals surface area contributed by atoms with Crippen LogP contribution in [0.25, 0.3) is 50.4 Å². The number of fused-ring (bicyclic) bond motifs is 3. The third-order valence-corrected chi connectivity index (χ3v) is 8.39. The molecule has 5 aromatic carbocycles. The van der Waals surface area contributed by atoms with Gasteiger partial charge < -0.3 is 9.15 Å². The van der Waals surface area contributed by atoms with E-state index in [-0.39, 0.29) is 6.10 Å². The summed E-state index contributed by atoms with van der Waals surface area (Å²) in [6, 6.07) is 44.2. The molecule has 6 aromatic rings. The molecule has 1 heterocycles. The molecule has 45 heavy (non-hydrogen) atoms. The van der Waals surface area contributed by atoms with Crippen molar-refractivity contribution in [3.8, 4) is 28.0 Å². The highest BCUT2D eigenvalue weighted by Gasteiger charge is 2.22. The highest BCUT2D eigenvalue weighted by atomic mass is 16.5. The Morgan fingerprint density at radius 2 is 1.33 bits per heavy atom. The Labute approximate surface area is 264 Å². The summed E-state index contributed by atoms with van der Waals surface area (Å²) in [5, 5.41) is 1.12. The van der Waals surface area contributed by atoms with Crippen molar-refractivity contribution >= 4 is 28.2 Å². The molecule has 0 saturated carbocycles. The fourth-order valence-electron chi connectivity index (χ4n) is 5.90. The van der Waals surface area contributed by atoms with Crippen molar-refractivity contribution in [3.63, 3.8) is 0 Å². The van der Waals surface area contributed by atoms with E-state index in [1.54, 1.807) is 0 Å². The smallest absolute Gasteiger partial charge is 0.134 e. The van der Waals surface area contributed by atoms with Crippen LogP contribution in [0.5, 0.6) is 5.75 Å². The molecule has 1 unspecified atom stereocenters. The standard InChI is InChI=1S/C43H34O2/c1-3-31(15-14-30(2)32-10-6-4-7-11-32)37-22-27-42-41(28-37)40-26-25-39(29-43(40)45-42)44-38-23-20-36(21-24-38)35-18-16-34(17-19-35)33-12-8-5-9-13-33/h3-28,39H,2,29H2,1H3/b15-14-,31-3+. The molecule has 0 N–H and O–H groups in total. The summed E-state index contributed by atoms with van der Waals surface area (Å²) in [6.45, 7) is 6.31. The molecule has 0 saturated heterocycles. The van der Waals surface area contributed by atoms with Gasteiger partial charge >= 0.3 is 0 Å². The zero-order chi connectivity index (χ0) is 30.6. The van der Waals surface area contributed by atoms with E-state index in [1.807, 2.05) is 36.4 Å². The Hall–Kier alpha value is -5.60. The third-order valence-electron chi connectivity index (χ3n) is 8.39. The van der Waals surface area contributed by atoms with Gasteiger partial charge in [-0.25, -0.2) is 0 Å². The van der Waals surface area contributed by atoms with Gasteiger partial charge in [0.2, 0.25) is 0 Å². The lowest BCUT2D eigenvalue weighted by Crippen LogP contribution is -2.19. The maximum atomic E-state index is 6.37. The van der Waals surface area contributed by atoms with Crippen molar-refractivity contribution in [2.45, 2.75) is 19.4 Å². The zero-order valence-corrected chi connectivity index (χ0v) is 25.3. The van der Waals surface area contributed by atoms with Crippen LogP contribution in [0.4, 0.5) is 0 Å². The Bertz CT molecular complexity index is 2040. The number of allylic oxidation sites excluding steroid dienone is 5. The molecule has 0 radical (unpaired) electrons. The van der Waals surface area contributed by atoms with Gasteiger partial charge in [-0.3, -0.25) is 0 Å². The Morgan fingerprint density at radius 3 is 2.00 bits per heavy atom. The molecule has 2 heteroatoms. The van der Waals surface area contributed by atoms with Gasteiger partial charge in [-0.2, -0.15) is 0 Å². The van der Waals surface area contributed by atoms with Crippen LogP contribution < -0.4 is 4.74 Å². The maximum Gasteiger partial charge on any atom is 0.134 e. The van der Waals surface area contributed by atoms with Crippen LogP contribution in [0.1, 0.15) is 29.4 Å². The van der Waals surface area contributed by atoms with Crippen LogP contribution in [-0.2, 0) is 6.42 Å². The van der Waals surface area contributed by atoms with Crippen molar-refractivity contribution in [2.75, 3.05) is 0 Å². The van der Waals surface area contributed by atoms with E-state index < -0.39 is 0 Å². The number of hydrogen-bond donors (Lipinski definition) is 0. The van der Waals surface area contributed by atoms with Crippen molar-refractivity contribution < 1.29 is 9.15 Å². The predicted octanol–water partition coefficient (Wildman–Crippen LogP) is 11.5. The molecular formula is C43H34O2. The van der Waals surface area contributed by atoms with E-state index in [0.29, 0.717) is 6.42 Å². The first-order chi connectivity index (χ1) is 22.1. The minimum Gasteiger partial charge on any atom is -0.486 e. The number of benzene rings is 5. The summed E-state index contributed by atoms with van der Waals surface area (Å²) in [7, 11) is 0. The minimum atomic E-state index is -0.0911. The van der Waals surface area contributed by atoms with Crippen LogP contribution in [0.2, 0.25) is 0 Å². The zero-order valence-electron chi connectivity index (χ0n) is 25.3. The average Bonchev–Trinajstić information content (AvgIpc) is 3.47.